The predicted octanol–water partition coefficient (Wildman–Crippen LogP) is 3.50. The Morgan fingerprint density at radius 2 is 1.85 bits per heavy atom. The summed E-state index contributed by atoms with van der Waals surface area (Å²) >= 11 is 0. The summed E-state index contributed by atoms with van der Waals surface area (Å²) in [7, 11) is -3.93. The first-order valence-electron chi connectivity index (χ1n) is 19.3. The number of rotatable bonds is 16. The molecule has 3 saturated carbocycles. The van der Waals surface area contributed by atoms with Gasteiger partial charge in [-0.15, -0.1) is 0 Å². The van der Waals surface area contributed by atoms with Gasteiger partial charge in [-0.3, -0.25) is 28.8 Å². The maximum atomic E-state index is 14.5. The second-order valence-electron chi connectivity index (χ2n) is 15.3. The first kappa shape index (κ1) is 40.1. The average Bonchev–Trinajstić information content (AvgIpc) is 4.02. The highest BCUT2D eigenvalue weighted by Gasteiger charge is 2.62. The number of allylic oxidation sites excluding steroid dienone is 2. The summed E-state index contributed by atoms with van der Waals surface area (Å²) in [5.41, 5.74) is 0.467. The van der Waals surface area contributed by atoms with Crippen LogP contribution in [0.1, 0.15) is 102 Å². The third-order valence-electron chi connectivity index (χ3n) is 11.2. The normalized spacial score (nSPS) is 24.6. The molecule has 0 radical (unpaired) electrons. The summed E-state index contributed by atoms with van der Waals surface area (Å²) in [6.07, 6.45) is 3.98. The zero-order valence-corrected chi connectivity index (χ0v) is 32.1. The van der Waals surface area contributed by atoms with Crippen molar-refractivity contribution in [1.29, 1.82) is 0 Å². The minimum Gasteiger partial charge on any atom is -0.450 e. The number of ketones is 1. The maximum Gasteiger partial charge on any atom is 0.410 e. The van der Waals surface area contributed by atoms with Gasteiger partial charge in [-0.25, -0.2) is 22.4 Å². The van der Waals surface area contributed by atoms with Crippen molar-refractivity contribution in [3.63, 3.8) is 0 Å². The van der Waals surface area contributed by atoms with Crippen molar-refractivity contribution in [3.05, 3.63) is 46.8 Å². The molecule has 0 bridgehead atoms. The van der Waals surface area contributed by atoms with Gasteiger partial charge in [-0.2, -0.15) is 0 Å². The van der Waals surface area contributed by atoms with E-state index in [0.717, 1.165) is 36.2 Å². The molecule has 5 amide bonds. The van der Waals surface area contributed by atoms with Crippen LogP contribution >= 0.6 is 0 Å². The third kappa shape index (κ3) is 9.30. The molecule has 1 saturated heterocycles. The van der Waals surface area contributed by atoms with Crippen LogP contribution in [0, 0.1) is 11.7 Å². The van der Waals surface area contributed by atoms with Gasteiger partial charge in [0.25, 0.3) is 5.91 Å². The average molecular weight is 788 g/mol. The molecule has 0 spiro atoms. The van der Waals surface area contributed by atoms with E-state index in [1.165, 1.54) is 11.0 Å². The van der Waals surface area contributed by atoms with Crippen molar-refractivity contribution in [1.82, 2.24) is 25.2 Å². The fourth-order valence-electron chi connectivity index (χ4n) is 7.46. The molecule has 5 atom stereocenters. The molecule has 3 N–H and O–H groups in total. The molecule has 55 heavy (non-hydrogen) atoms. The number of alkyl carbamates (subject to hydrolysis) is 1. The largest absolute Gasteiger partial charge is 0.450 e. The fourth-order valence-corrected chi connectivity index (χ4v) is 8.82. The number of hydrogen-bond donors (Lipinski definition) is 3. The van der Waals surface area contributed by atoms with Crippen LogP contribution in [-0.2, 0) is 51.8 Å². The lowest BCUT2D eigenvalue weighted by atomic mass is 9.91. The molecule has 5 aliphatic rings. The number of hydrogen-bond acceptors (Lipinski definition) is 10. The minimum atomic E-state index is -3.93. The summed E-state index contributed by atoms with van der Waals surface area (Å²) in [6, 6.07) is 1.94. The van der Waals surface area contributed by atoms with E-state index in [2.05, 4.69) is 15.4 Å². The Bertz CT molecular complexity index is 1850. The highest BCUT2D eigenvalue weighted by Crippen LogP contribution is 2.47. The van der Waals surface area contributed by atoms with Gasteiger partial charge in [0.05, 0.1) is 24.9 Å². The number of carbonyl (C=O) groups excluding carboxylic acids is 6. The number of fused-ring (bicyclic) bond motifs is 1. The van der Waals surface area contributed by atoms with E-state index in [4.69, 9.17) is 9.47 Å². The lowest BCUT2D eigenvalue weighted by Gasteiger charge is -2.29. The zero-order chi connectivity index (χ0) is 39.5. The molecular formula is C38H50FN5O10S. The molecule has 3 aliphatic carbocycles. The van der Waals surface area contributed by atoms with Gasteiger partial charge in [-0.1, -0.05) is 44.4 Å². The van der Waals surface area contributed by atoms with Crippen LogP contribution in [0.15, 0.2) is 29.8 Å². The lowest BCUT2D eigenvalue weighted by Crippen LogP contribution is -2.58. The molecule has 6 rings (SSSR count). The fraction of sp³-hybridized carbons (Fsp3) is 0.632. The molecule has 0 unspecified atom stereocenters. The number of benzene rings is 1. The number of halogens is 1. The lowest BCUT2D eigenvalue weighted by molar-refractivity contribution is -0.141. The molecule has 0 aromatic heterocycles. The third-order valence-corrected chi connectivity index (χ3v) is 13.0. The van der Waals surface area contributed by atoms with Gasteiger partial charge >= 0.3 is 12.2 Å². The summed E-state index contributed by atoms with van der Waals surface area (Å²) in [4.78, 5) is 83.6. The molecule has 17 heteroatoms. The predicted molar refractivity (Wildman–Crippen MR) is 195 cm³/mol. The van der Waals surface area contributed by atoms with Gasteiger partial charge in [0, 0.05) is 24.9 Å². The standard InChI is InChI=1S/C38H50FN5O10S/c1-3-5-16-53-36(49)40-31(15-12-26(45)17-23-8-6-9-23)34(47)44-21-27(54-37(50)43-20-24-10-7-11-30(39)29(24)22-43)18-32(44)33(46)41-38(19-25(38)4-2)35(48)42-55(51,52)28-13-14-28/h7,10-11,17,25,27-28,31-32H,3-6,8-9,12-16,18-22H2,1-2H3,(H,40,49)(H,41,46)(H,42,48)/t25-,27+,31-,32-,38-/m0/s1. The molecule has 4 fully saturated rings. The smallest absolute Gasteiger partial charge is 0.410 e. The first-order chi connectivity index (χ1) is 26.2. The van der Waals surface area contributed by atoms with Gasteiger partial charge in [-0.05, 0) is 75.0 Å². The number of likely N-dealkylation sites (tertiary alicyclic amines) is 1. The number of ether oxygens (including phenoxy) is 2. The van der Waals surface area contributed by atoms with Crippen LogP contribution in [0.3, 0.4) is 0 Å². The number of unbranched alkanes of at least 4 members (excludes halogenated alkanes) is 1. The Hall–Kier alpha value is -4.54. The van der Waals surface area contributed by atoms with Crippen molar-refractivity contribution in [3.8, 4) is 0 Å². The van der Waals surface area contributed by atoms with E-state index >= 15 is 0 Å². The second-order valence-corrected chi connectivity index (χ2v) is 17.2. The molecule has 2 aliphatic heterocycles. The number of carbonyl (C=O) groups is 6. The zero-order valence-electron chi connectivity index (χ0n) is 31.3. The van der Waals surface area contributed by atoms with Crippen LogP contribution in [0.25, 0.3) is 0 Å². The van der Waals surface area contributed by atoms with Crippen LogP contribution in [-0.4, -0.2) is 96.0 Å². The molecule has 15 nitrogen and oxygen atoms in total. The van der Waals surface area contributed by atoms with Crippen LogP contribution in [0.4, 0.5) is 14.0 Å². The van der Waals surface area contributed by atoms with Crippen molar-refractivity contribution in [2.45, 2.75) is 133 Å². The van der Waals surface area contributed by atoms with E-state index in [1.807, 2.05) is 13.8 Å². The quantitative estimate of drug-likeness (QED) is 0.165. The first-order valence-corrected chi connectivity index (χ1v) is 20.8. The molecular weight excluding hydrogens is 738 g/mol. The summed E-state index contributed by atoms with van der Waals surface area (Å²) in [6.45, 7) is 3.62. The van der Waals surface area contributed by atoms with Crippen molar-refractivity contribution in [2.75, 3.05) is 13.2 Å². The van der Waals surface area contributed by atoms with Gasteiger partial charge in [0.1, 0.15) is 29.5 Å². The van der Waals surface area contributed by atoms with Crippen LogP contribution in [0.5, 0.6) is 0 Å². The number of nitrogens with one attached hydrogen (secondary N) is 3. The molecule has 2 heterocycles. The highest BCUT2D eigenvalue weighted by molar-refractivity contribution is 7.91. The Kier molecular flexibility index (Phi) is 12.2. The van der Waals surface area contributed by atoms with E-state index in [0.29, 0.717) is 36.8 Å². The number of nitrogens with zero attached hydrogens (tertiary/aromatic N) is 2. The number of amides is 5. The van der Waals surface area contributed by atoms with Crippen molar-refractivity contribution < 1.29 is 51.0 Å². The topological polar surface area (TPSA) is 198 Å². The van der Waals surface area contributed by atoms with E-state index < -0.39 is 74.7 Å². The Balaban J connectivity index is 1.22. The minimum absolute atomic E-state index is 0.0315. The Labute approximate surface area is 320 Å². The Morgan fingerprint density at radius 3 is 2.49 bits per heavy atom. The maximum absolute atomic E-state index is 14.5. The van der Waals surface area contributed by atoms with Gasteiger partial charge in [0.2, 0.25) is 21.8 Å². The van der Waals surface area contributed by atoms with E-state index in [1.54, 1.807) is 18.2 Å². The SMILES string of the molecule is CCCCOC(=O)N[C@@H](CCC(=O)C=C1CCC1)C(=O)N1C[C@H](OC(=O)N2Cc3cccc(F)c3C2)C[C@H]1C(=O)N[C@@]1(C(=O)NS(=O)(=O)C2CC2)C[C@@H]1CC. The van der Waals surface area contributed by atoms with Crippen LogP contribution in [0.2, 0.25) is 0 Å². The monoisotopic (exact) mass is 787 g/mol. The van der Waals surface area contributed by atoms with Crippen LogP contribution < -0.4 is 15.4 Å². The van der Waals surface area contributed by atoms with E-state index in [9.17, 15) is 41.6 Å². The Morgan fingerprint density at radius 1 is 1.09 bits per heavy atom. The van der Waals surface area contributed by atoms with E-state index in [-0.39, 0.29) is 63.6 Å². The molecule has 1 aromatic carbocycles. The van der Waals surface area contributed by atoms with Crippen molar-refractivity contribution in [2.24, 2.45) is 5.92 Å². The number of sulfonamides is 1. The second kappa shape index (κ2) is 16.7. The van der Waals surface area contributed by atoms with Gasteiger partial charge in [0.15, 0.2) is 5.78 Å². The molecule has 1 aromatic rings. The summed E-state index contributed by atoms with van der Waals surface area (Å²) in [5.74, 6) is -3.40. The summed E-state index contributed by atoms with van der Waals surface area (Å²) < 4.78 is 53.0. The molecule has 300 valence electrons. The summed E-state index contributed by atoms with van der Waals surface area (Å²) in [5, 5.41) is 4.64. The van der Waals surface area contributed by atoms with Crippen molar-refractivity contribution >= 4 is 45.7 Å². The van der Waals surface area contributed by atoms with Gasteiger partial charge < -0.3 is 25.0 Å². The highest BCUT2D eigenvalue weighted by atomic mass is 32.2.